The summed E-state index contributed by atoms with van der Waals surface area (Å²) in [4.78, 5) is 4.16. The molecule has 0 bridgehead atoms. The van der Waals surface area contributed by atoms with Crippen molar-refractivity contribution in [3.05, 3.63) is 52.1 Å². The molecule has 1 aromatic carbocycles. The average molecular weight is 308 g/mol. The predicted octanol–water partition coefficient (Wildman–Crippen LogP) is 3.69. The fourth-order valence-electron chi connectivity index (χ4n) is 1.58. The van der Waals surface area contributed by atoms with Crippen molar-refractivity contribution in [3.63, 3.8) is 0 Å². The summed E-state index contributed by atoms with van der Waals surface area (Å²) in [5, 5.41) is 9.26. The molecular weight excluding hydrogens is 294 g/mol. The van der Waals surface area contributed by atoms with E-state index in [0.29, 0.717) is 11.4 Å². The van der Waals surface area contributed by atoms with Gasteiger partial charge in [-0.1, -0.05) is 19.1 Å². The van der Waals surface area contributed by atoms with Crippen LogP contribution < -0.4 is 4.74 Å². The summed E-state index contributed by atoms with van der Waals surface area (Å²) in [5.74, 6) is 1.15. The van der Waals surface area contributed by atoms with Crippen molar-refractivity contribution in [3.8, 4) is 11.6 Å². The minimum Gasteiger partial charge on any atom is -0.439 e. The number of nitrogens with zero attached hydrogens (tertiary/aromatic N) is 1. The maximum Gasteiger partial charge on any atom is 0.224 e. The number of halogens is 1. The van der Waals surface area contributed by atoms with E-state index < -0.39 is 0 Å². The summed E-state index contributed by atoms with van der Waals surface area (Å²) in [6.07, 6.45) is 2.65. The van der Waals surface area contributed by atoms with Crippen LogP contribution in [-0.2, 0) is 13.0 Å². The number of aliphatic hydroxyl groups excluding tert-OH is 1. The predicted molar refractivity (Wildman–Crippen MR) is 73.8 cm³/mol. The SMILES string of the molecule is CCc1ccc(Oc2ncc(Br)cc2CO)cc1. The van der Waals surface area contributed by atoms with Gasteiger partial charge in [0.05, 0.1) is 6.61 Å². The third-order valence-electron chi connectivity index (χ3n) is 2.61. The molecule has 18 heavy (non-hydrogen) atoms. The minimum atomic E-state index is -0.102. The second-order valence-corrected chi connectivity index (χ2v) is 4.79. The largest absolute Gasteiger partial charge is 0.439 e. The van der Waals surface area contributed by atoms with Crippen LogP contribution in [0.5, 0.6) is 11.6 Å². The van der Waals surface area contributed by atoms with Gasteiger partial charge in [0, 0.05) is 16.2 Å². The molecule has 94 valence electrons. The van der Waals surface area contributed by atoms with Gasteiger partial charge in [0.25, 0.3) is 0 Å². The minimum absolute atomic E-state index is 0.102. The number of rotatable bonds is 4. The zero-order valence-corrected chi connectivity index (χ0v) is 11.6. The molecule has 0 saturated heterocycles. The van der Waals surface area contributed by atoms with Gasteiger partial charge in [-0.2, -0.15) is 0 Å². The standard InChI is InChI=1S/C14H14BrNO2/c1-2-10-3-5-13(6-4-10)18-14-11(9-17)7-12(15)8-16-14/h3-8,17H,2,9H2,1H3. The maximum absolute atomic E-state index is 9.26. The van der Waals surface area contributed by atoms with E-state index in [0.717, 1.165) is 16.6 Å². The van der Waals surface area contributed by atoms with E-state index in [1.54, 1.807) is 12.3 Å². The second-order valence-electron chi connectivity index (χ2n) is 3.88. The number of aromatic nitrogens is 1. The lowest BCUT2D eigenvalue weighted by atomic mass is 10.2. The van der Waals surface area contributed by atoms with Crippen LogP contribution in [0.3, 0.4) is 0 Å². The second kappa shape index (κ2) is 5.98. The molecule has 0 radical (unpaired) electrons. The van der Waals surface area contributed by atoms with E-state index in [1.165, 1.54) is 5.56 Å². The highest BCUT2D eigenvalue weighted by molar-refractivity contribution is 9.10. The van der Waals surface area contributed by atoms with Crippen LogP contribution in [0.2, 0.25) is 0 Å². The van der Waals surface area contributed by atoms with E-state index in [4.69, 9.17) is 4.74 Å². The smallest absolute Gasteiger partial charge is 0.224 e. The van der Waals surface area contributed by atoms with Gasteiger partial charge in [-0.15, -0.1) is 0 Å². The zero-order chi connectivity index (χ0) is 13.0. The first-order valence-corrected chi connectivity index (χ1v) is 6.54. The third-order valence-corrected chi connectivity index (χ3v) is 3.04. The molecule has 2 aromatic rings. The summed E-state index contributed by atoms with van der Waals surface area (Å²) in [6.45, 7) is 2.00. The van der Waals surface area contributed by atoms with Gasteiger partial charge >= 0.3 is 0 Å². The number of pyridine rings is 1. The van der Waals surface area contributed by atoms with Crippen molar-refractivity contribution in [2.75, 3.05) is 0 Å². The van der Waals surface area contributed by atoms with Crippen LogP contribution in [0.4, 0.5) is 0 Å². The Morgan fingerprint density at radius 3 is 2.61 bits per heavy atom. The summed E-state index contributed by atoms with van der Waals surface area (Å²) < 4.78 is 6.48. The van der Waals surface area contributed by atoms with E-state index in [2.05, 4.69) is 27.8 Å². The monoisotopic (exact) mass is 307 g/mol. The van der Waals surface area contributed by atoms with Gasteiger partial charge in [0.2, 0.25) is 5.88 Å². The Balaban J connectivity index is 2.22. The number of benzene rings is 1. The van der Waals surface area contributed by atoms with Gasteiger partial charge < -0.3 is 9.84 Å². The molecule has 0 atom stereocenters. The lowest BCUT2D eigenvalue weighted by Gasteiger charge is -2.09. The van der Waals surface area contributed by atoms with Gasteiger partial charge in [-0.25, -0.2) is 4.98 Å². The van der Waals surface area contributed by atoms with E-state index >= 15 is 0 Å². The fraction of sp³-hybridized carbons (Fsp3) is 0.214. The number of ether oxygens (including phenoxy) is 1. The molecule has 0 saturated carbocycles. The van der Waals surface area contributed by atoms with Crippen molar-refractivity contribution >= 4 is 15.9 Å². The first kappa shape index (κ1) is 13.1. The van der Waals surface area contributed by atoms with Crippen molar-refractivity contribution in [1.29, 1.82) is 0 Å². The van der Waals surface area contributed by atoms with Crippen molar-refractivity contribution in [2.45, 2.75) is 20.0 Å². The highest BCUT2D eigenvalue weighted by Crippen LogP contribution is 2.25. The Kier molecular flexibility index (Phi) is 4.33. The highest BCUT2D eigenvalue weighted by Gasteiger charge is 2.06. The molecule has 4 heteroatoms. The van der Waals surface area contributed by atoms with Crippen molar-refractivity contribution < 1.29 is 9.84 Å². The molecule has 2 rings (SSSR count). The van der Waals surface area contributed by atoms with Gasteiger partial charge in [0.15, 0.2) is 0 Å². The summed E-state index contributed by atoms with van der Waals surface area (Å²) in [7, 11) is 0. The maximum atomic E-state index is 9.26. The molecule has 0 fully saturated rings. The molecule has 1 heterocycles. The molecule has 1 aromatic heterocycles. The lowest BCUT2D eigenvalue weighted by Crippen LogP contribution is -1.95. The fourth-order valence-corrected chi connectivity index (χ4v) is 1.96. The first-order valence-electron chi connectivity index (χ1n) is 5.75. The van der Waals surface area contributed by atoms with E-state index in [-0.39, 0.29) is 6.61 Å². The molecule has 0 aliphatic carbocycles. The number of aliphatic hydroxyl groups is 1. The van der Waals surface area contributed by atoms with Gasteiger partial charge in [-0.3, -0.25) is 0 Å². The average Bonchev–Trinajstić information content (AvgIpc) is 2.41. The Hall–Kier alpha value is -1.39. The Labute approximate surface area is 115 Å². The molecule has 1 N–H and O–H groups in total. The van der Waals surface area contributed by atoms with Crippen LogP contribution in [-0.4, -0.2) is 10.1 Å². The van der Waals surface area contributed by atoms with Crippen LogP contribution in [0.25, 0.3) is 0 Å². The summed E-state index contributed by atoms with van der Waals surface area (Å²) >= 11 is 3.31. The molecule has 0 amide bonds. The molecule has 0 aliphatic heterocycles. The number of hydrogen-bond acceptors (Lipinski definition) is 3. The molecular formula is C14H14BrNO2. The molecule has 0 aliphatic rings. The topological polar surface area (TPSA) is 42.4 Å². The highest BCUT2D eigenvalue weighted by atomic mass is 79.9. The number of hydrogen-bond donors (Lipinski definition) is 1. The van der Waals surface area contributed by atoms with Gasteiger partial charge in [-0.05, 0) is 46.1 Å². The zero-order valence-electron chi connectivity index (χ0n) is 10.1. The third kappa shape index (κ3) is 3.09. The Morgan fingerprint density at radius 1 is 1.28 bits per heavy atom. The van der Waals surface area contributed by atoms with Crippen LogP contribution in [0, 0.1) is 0 Å². The normalized spacial score (nSPS) is 10.4. The van der Waals surface area contributed by atoms with Crippen LogP contribution >= 0.6 is 15.9 Å². The van der Waals surface area contributed by atoms with Crippen LogP contribution in [0.1, 0.15) is 18.1 Å². The summed E-state index contributed by atoms with van der Waals surface area (Å²) in [6, 6.07) is 9.65. The quantitative estimate of drug-likeness (QED) is 0.936. The number of aryl methyl sites for hydroxylation is 1. The molecule has 0 spiro atoms. The Bertz CT molecular complexity index is 526. The molecule has 0 unspecified atom stereocenters. The lowest BCUT2D eigenvalue weighted by molar-refractivity contribution is 0.275. The summed E-state index contributed by atoms with van der Waals surface area (Å²) in [5.41, 5.74) is 1.91. The first-order chi connectivity index (χ1) is 8.72. The van der Waals surface area contributed by atoms with Crippen molar-refractivity contribution in [2.24, 2.45) is 0 Å². The van der Waals surface area contributed by atoms with E-state index in [9.17, 15) is 5.11 Å². The van der Waals surface area contributed by atoms with E-state index in [1.807, 2.05) is 24.3 Å². The van der Waals surface area contributed by atoms with Crippen molar-refractivity contribution in [1.82, 2.24) is 4.98 Å². The van der Waals surface area contributed by atoms with Crippen LogP contribution in [0.15, 0.2) is 41.0 Å². The van der Waals surface area contributed by atoms with Gasteiger partial charge in [0.1, 0.15) is 5.75 Å². The Morgan fingerprint density at radius 2 is 2.00 bits per heavy atom. The molecule has 3 nitrogen and oxygen atoms in total.